The van der Waals surface area contributed by atoms with Gasteiger partial charge in [-0.15, -0.1) is 0 Å². The topological polar surface area (TPSA) is 25.8 Å². The van der Waals surface area contributed by atoms with E-state index in [1.165, 1.54) is 82.2 Å². The zero-order valence-electron chi connectivity index (χ0n) is 34.0. The van der Waals surface area contributed by atoms with Crippen molar-refractivity contribution < 1.29 is 0 Å². The molecule has 61 heavy (non-hydrogen) atoms. The number of benzene rings is 10. The van der Waals surface area contributed by atoms with Gasteiger partial charge in [0, 0.05) is 22.1 Å². The molecule has 0 aliphatic heterocycles. The van der Waals surface area contributed by atoms with E-state index in [1.807, 2.05) is 6.07 Å². The van der Waals surface area contributed by atoms with Crippen molar-refractivity contribution in [2.45, 2.75) is 19.3 Å². The van der Waals surface area contributed by atoms with Gasteiger partial charge in [-0.25, -0.2) is 9.97 Å². The molecule has 0 fully saturated rings. The first-order chi connectivity index (χ1) is 30.0. The van der Waals surface area contributed by atoms with Gasteiger partial charge in [-0.1, -0.05) is 208 Å². The fourth-order valence-corrected chi connectivity index (χ4v) is 10.2. The number of fused-ring (bicyclic) bond motifs is 8. The fourth-order valence-electron chi connectivity index (χ4n) is 10.2. The molecular formula is C59H40N2. The minimum Gasteiger partial charge on any atom is -0.228 e. The average molecular weight is 777 g/mol. The summed E-state index contributed by atoms with van der Waals surface area (Å²) in [7, 11) is 0. The van der Waals surface area contributed by atoms with Gasteiger partial charge in [-0.05, 0) is 99.7 Å². The van der Waals surface area contributed by atoms with E-state index in [4.69, 9.17) is 9.97 Å². The normalized spacial score (nSPS) is 12.9. The maximum atomic E-state index is 5.32. The van der Waals surface area contributed by atoms with Crippen LogP contribution in [0.1, 0.15) is 25.0 Å². The molecule has 1 heterocycles. The third-order valence-electron chi connectivity index (χ3n) is 13.1. The molecule has 0 radical (unpaired) electrons. The molecule has 0 N–H and O–H groups in total. The highest BCUT2D eigenvalue weighted by Gasteiger charge is 2.37. The molecule has 11 aromatic rings. The Balaban J connectivity index is 1.02. The lowest BCUT2D eigenvalue weighted by atomic mass is 9.79. The molecule has 2 nitrogen and oxygen atoms in total. The third-order valence-corrected chi connectivity index (χ3v) is 13.1. The highest BCUT2D eigenvalue weighted by molar-refractivity contribution is 6.23. The third kappa shape index (κ3) is 5.56. The second-order valence-electron chi connectivity index (χ2n) is 16.9. The van der Waals surface area contributed by atoms with E-state index in [9.17, 15) is 0 Å². The first kappa shape index (κ1) is 35.3. The first-order valence-corrected chi connectivity index (χ1v) is 21.2. The lowest BCUT2D eigenvalue weighted by molar-refractivity contribution is 0.662. The Hall–Kier alpha value is -7.68. The van der Waals surface area contributed by atoms with Crippen LogP contribution in [0.5, 0.6) is 0 Å². The maximum Gasteiger partial charge on any atom is 0.160 e. The molecule has 286 valence electrons. The summed E-state index contributed by atoms with van der Waals surface area (Å²) in [5, 5.41) is 9.87. The smallest absolute Gasteiger partial charge is 0.160 e. The predicted octanol–water partition coefficient (Wildman–Crippen LogP) is 15.7. The zero-order chi connectivity index (χ0) is 40.7. The summed E-state index contributed by atoms with van der Waals surface area (Å²) in [6, 6.07) is 74.9. The van der Waals surface area contributed by atoms with Crippen LogP contribution in [0.25, 0.3) is 110 Å². The van der Waals surface area contributed by atoms with Crippen LogP contribution in [-0.2, 0) is 5.41 Å². The van der Waals surface area contributed by atoms with Gasteiger partial charge in [0.25, 0.3) is 0 Å². The molecule has 0 amide bonds. The van der Waals surface area contributed by atoms with Gasteiger partial charge in [0.05, 0.1) is 11.4 Å². The van der Waals surface area contributed by atoms with Gasteiger partial charge in [-0.3, -0.25) is 0 Å². The van der Waals surface area contributed by atoms with Crippen LogP contribution < -0.4 is 0 Å². The van der Waals surface area contributed by atoms with Crippen molar-refractivity contribution in [1.82, 2.24) is 9.97 Å². The molecule has 1 aromatic heterocycles. The van der Waals surface area contributed by atoms with Crippen LogP contribution in [0.15, 0.2) is 206 Å². The quantitative estimate of drug-likeness (QED) is 0.128. The lowest BCUT2D eigenvalue weighted by Crippen LogP contribution is -2.16. The number of rotatable bonds is 5. The Bertz CT molecular complexity index is 3540. The monoisotopic (exact) mass is 776 g/mol. The van der Waals surface area contributed by atoms with Crippen molar-refractivity contribution in [3.63, 3.8) is 0 Å². The van der Waals surface area contributed by atoms with Crippen LogP contribution in [0.3, 0.4) is 0 Å². The fraction of sp³-hybridized carbons (Fsp3) is 0.0508. The number of nitrogens with zero attached hydrogens (tertiary/aromatic N) is 2. The van der Waals surface area contributed by atoms with E-state index >= 15 is 0 Å². The van der Waals surface area contributed by atoms with Crippen molar-refractivity contribution in [2.24, 2.45) is 0 Å². The lowest BCUT2D eigenvalue weighted by Gasteiger charge is -2.24. The molecule has 1 aliphatic carbocycles. The van der Waals surface area contributed by atoms with Crippen LogP contribution in [0.4, 0.5) is 0 Å². The maximum absolute atomic E-state index is 5.32. The molecule has 2 heteroatoms. The van der Waals surface area contributed by atoms with Crippen molar-refractivity contribution in [2.75, 3.05) is 0 Å². The summed E-state index contributed by atoms with van der Waals surface area (Å²) in [5.74, 6) is 0.706. The Labute approximate surface area is 355 Å². The van der Waals surface area contributed by atoms with Crippen LogP contribution in [-0.4, -0.2) is 9.97 Å². The Morgan fingerprint density at radius 2 is 0.934 bits per heavy atom. The summed E-state index contributed by atoms with van der Waals surface area (Å²) < 4.78 is 0. The van der Waals surface area contributed by atoms with Gasteiger partial charge in [0.15, 0.2) is 5.82 Å². The SMILES string of the molecule is CC1(C)c2ccccc2-c2cccc(-c3ccc(-c4cc(-c5ccc(-c6c7ccccc7cc7c6ccc6ccccc67)c6ccccc56)nc(-c5ccccc5)n4)cc3)c21. The molecule has 12 rings (SSSR count). The molecule has 0 atom stereocenters. The summed E-state index contributed by atoms with van der Waals surface area (Å²) in [4.78, 5) is 10.6. The minimum atomic E-state index is -0.0965. The van der Waals surface area contributed by atoms with Gasteiger partial charge in [-0.2, -0.15) is 0 Å². The van der Waals surface area contributed by atoms with E-state index in [1.54, 1.807) is 0 Å². The molecule has 0 spiro atoms. The Morgan fingerprint density at radius 1 is 0.328 bits per heavy atom. The summed E-state index contributed by atoms with van der Waals surface area (Å²) in [5.41, 5.74) is 15.2. The van der Waals surface area contributed by atoms with Gasteiger partial charge >= 0.3 is 0 Å². The van der Waals surface area contributed by atoms with Crippen molar-refractivity contribution in [3.05, 3.63) is 217 Å². The van der Waals surface area contributed by atoms with E-state index < -0.39 is 0 Å². The molecular weight excluding hydrogens is 737 g/mol. The predicted molar refractivity (Wildman–Crippen MR) is 257 cm³/mol. The van der Waals surface area contributed by atoms with Crippen LogP contribution >= 0.6 is 0 Å². The van der Waals surface area contributed by atoms with Crippen LogP contribution in [0.2, 0.25) is 0 Å². The zero-order valence-corrected chi connectivity index (χ0v) is 34.0. The summed E-state index contributed by atoms with van der Waals surface area (Å²) in [6.45, 7) is 4.71. The molecule has 10 aromatic carbocycles. The highest BCUT2D eigenvalue weighted by atomic mass is 14.9. The largest absolute Gasteiger partial charge is 0.228 e. The second kappa shape index (κ2) is 13.7. The standard InChI is InChI=1S/C59H40N2/c1-59(2)53-26-13-12-23-47(53)51-25-14-24-44(57(51)59)38-27-29-39(30-28-38)54-36-55(61-58(60-54)40-16-4-3-5-17-40)48-33-34-49(46-22-11-10-21-45(46)48)56-43-20-9-7-18-41(43)35-52-42-19-8-6-15-37(42)31-32-50(52)56/h3-36H,1-2H3. The van der Waals surface area contributed by atoms with Gasteiger partial charge in [0.1, 0.15) is 0 Å². The summed E-state index contributed by atoms with van der Waals surface area (Å²) in [6.07, 6.45) is 0. The van der Waals surface area contributed by atoms with Gasteiger partial charge in [0.2, 0.25) is 0 Å². The molecule has 0 saturated carbocycles. The number of hydrogen-bond acceptors (Lipinski definition) is 2. The molecule has 0 saturated heterocycles. The van der Waals surface area contributed by atoms with E-state index in [0.29, 0.717) is 5.82 Å². The Morgan fingerprint density at radius 3 is 1.75 bits per heavy atom. The van der Waals surface area contributed by atoms with E-state index in [0.717, 1.165) is 33.5 Å². The molecule has 1 aliphatic rings. The minimum absolute atomic E-state index is 0.0965. The van der Waals surface area contributed by atoms with Gasteiger partial charge < -0.3 is 0 Å². The van der Waals surface area contributed by atoms with Crippen LogP contribution in [0, 0.1) is 0 Å². The molecule has 0 unspecified atom stereocenters. The van der Waals surface area contributed by atoms with Crippen molar-refractivity contribution in [3.8, 4) is 67.3 Å². The van der Waals surface area contributed by atoms with E-state index in [2.05, 4.69) is 214 Å². The first-order valence-electron chi connectivity index (χ1n) is 21.2. The summed E-state index contributed by atoms with van der Waals surface area (Å²) >= 11 is 0. The number of aromatic nitrogens is 2. The number of hydrogen-bond donors (Lipinski definition) is 0. The van der Waals surface area contributed by atoms with E-state index in [-0.39, 0.29) is 5.41 Å². The average Bonchev–Trinajstić information content (AvgIpc) is 3.56. The van der Waals surface area contributed by atoms with Crippen molar-refractivity contribution in [1.29, 1.82) is 0 Å². The van der Waals surface area contributed by atoms with Crippen molar-refractivity contribution >= 4 is 43.1 Å². The second-order valence-corrected chi connectivity index (χ2v) is 16.9. The highest BCUT2D eigenvalue weighted by Crippen LogP contribution is 2.52. The molecule has 0 bridgehead atoms. The Kier molecular flexibility index (Phi) is 7.92.